The number of furan rings is 1. The third-order valence-corrected chi connectivity index (χ3v) is 15.0. The number of fused-ring (bicyclic) bond motifs is 5. The summed E-state index contributed by atoms with van der Waals surface area (Å²) in [5.74, 6) is 0. The summed E-state index contributed by atoms with van der Waals surface area (Å²) < 4.78 is 6.54. The van der Waals surface area contributed by atoms with Crippen molar-refractivity contribution >= 4 is 77.6 Å². The molecule has 0 radical (unpaired) electrons. The van der Waals surface area contributed by atoms with Gasteiger partial charge in [0.2, 0.25) is 0 Å². The van der Waals surface area contributed by atoms with Gasteiger partial charge in [-0.25, -0.2) is 0 Å². The first-order valence-corrected chi connectivity index (χ1v) is 26.3. The molecule has 0 spiro atoms. The number of hydrogen-bond donors (Lipinski definition) is 0. The maximum Gasteiger partial charge on any atom is 0.137 e. The zero-order valence-electron chi connectivity index (χ0n) is 42.2. The lowest BCUT2D eigenvalue weighted by Gasteiger charge is -2.29. The third kappa shape index (κ3) is 8.56. The summed E-state index contributed by atoms with van der Waals surface area (Å²) in [6.45, 7) is 0. The normalized spacial score (nSPS) is 11.4. The van der Waals surface area contributed by atoms with Crippen molar-refractivity contribution in [3.63, 3.8) is 0 Å². The van der Waals surface area contributed by atoms with E-state index in [4.69, 9.17) is 4.42 Å². The number of anilines is 6. The van der Waals surface area contributed by atoms with Gasteiger partial charge in [-0.1, -0.05) is 224 Å². The molecule has 3 heteroatoms. The molecule has 0 unspecified atom stereocenters. The van der Waals surface area contributed by atoms with Gasteiger partial charge in [0.1, 0.15) is 11.2 Å². The van der Waals surface area contributed by atoms with E-state index in [1.165, 1.54) is 54.9 Å². The summed E-state index contributed by atoms with van der Waals surface area (Å²) in [6, 6.07) is 109. The van der Waals surface area contributed by atoms with Gasteiger partial charge in [-0.2, -0.15) is 0 Å². The van der Waals surface area contributed by atoms with Crippen molar-refractivity contribution in [3.8, 4) is 55.6 Å². The first kappa shape index (κ1) is 45.4. The maximum atomic E-state index is 6.54. The van der Waals surface area contributed by atoms with E-state index in [0.29, 0.717) is 0 Å². The van der Waals surface area contributed by atoms with Gasteiger partial charge in [-0.05, 0) is 150 Å². The Morgan fingerprint density at radius 2 is 0.675 bits per heavy atom. The molecule has 0 aliphatic carbocycles. The predicted molar refractivity (Wildman–Crippen MR) is 325 cm³/mol. The molecule has 362 valence electrons. The fraction of sp³-hybridized carbons (Fsp3) is 0. The zero-order valence-corrected chi connectivity index (χ0v) is 42.2. The second-order valence-corrected chi connectivity index (χ2v) is 19.7. The van der Waals surface area contributed by atoms with Crippen LogP contribution in [0.15, 0.2) is 308 Å². The Morgan fingerprint density at radius 3 is 1.44 bits per heavy atom. The van der Waals surface area contributed by atoms with E-state index >= 15 is 0 Å². The molecule has 0 N–H and O–H groups in total. The monoisotopic (exact) mass is 982 g/mol. The smallest absolute Gasteiger partial charge is 0.137 e. The SMILES string of the molecule is c1ccc(-c2ccc(-c3cccc(N(c4cccc(-c5ccccc5N(c5ccc(-c6ccc7ccccc7c6)cc5)c5ccc(-c6cccc7ccccc67)cc5)c4)c4cccc5oc6ccccc6c45)c3)cc2)cc1. The average molecular weight is 983 g/mol. The molecule has 0 saturated heterocycles. The van der Waals surface area contributed by atoms with Gasteiger partial charge < -0.3 is 14.2 Å². The van der Waals surface area contributed by atoms with Gasteiger partial charge in [-0.3, -0.25) is 0 Å². The van der Waals surface area contributed by atoms with Crippen LogP contribution < -0.4 is 9.80 Å². The van der Waals surface area contributed by atoms with Crippen LogP contribution in [0.5, 0.6) is 0 Å². The maximum absolute atomic E-state index is 6.54. The number of rotatable bonds is 11. The highest BCUT2D eigenvalue weighted by molar-refractivity contribution is 6.13. The van der Waals surface area contributed by atoms with Crippen LogP contribution >= 0.6 is 0 Å². The number of para-hydroxylation sites is 2. The van der Waals surface area contributed by atoms with Crippen molar-refractivity contribution in [1.29, 1.82) is 0 Å². The van der Waals surface area contributed by atoms with Gasteiger partial charge in [0, 0.05) is 33.7 Å². The molecule has 14 aromatic rings. The lowest BCUT2D eigenvalue weighted by atomic mass is 9.97. The van der Waals surface area contributed by atoms with E-state index in [9.17, 15) is 0 Å². The lowest BCUT2D eigenvalue weighted by Crippen LogP contribution is -2.12. The van der Waals surface area contributed by atoms with Gasteiger partial charge in [0.05, 0.1) is 16.8 Å². The summed E-state index contributed by atoms with van der Waals surface area (Å²) in [6.07, 6.45) is 0. The van der Waals surface area contributed by atoms with Crippen LogP contribution in [-0.2, 0) is 0 Å². The molecule has 13 aromatic carbocycles. The van der Waals surface area contributed by atoms with Crippen LogP contribution in [0.2, 0.25) is 0 Å². The van der Waals surface area contributed by atoms with E-state index in [1.807, 2.05) is 6.07 Å². The Morgan fingerprint density at radius 1 is 0.221 bits per heavy atom. The molecule has 14 rings (SSSR count). The number of hydrogen-bond acceptors (Lipinski definition) is 3. The number of benzene rings is 13. The van der Waals surface area contributed by atoms with Crippen LogP contribution in [0.25, 0.3) is 99.1 Å². The molecule has 0 aliphatic heterocycles. The highest BCUT2D eigenvalue weighted by Gasteiger charge is 2.23. The van der Waals surface area contributed by atoms with Crippen LogP contribution in [0.3, 0.4) is 0 Å². The van der Waals surface area contributed by atoms with E-state index in [-0.39, 0.29) is 0 Å². The summed E-state index contributed by atoms with van der Waals surface area (Å²) in [7, 11) is 0. The van der Waals surface area contributed by atoms with E-state index < -0.39 is 0 Å². The summed E-state index contributed by atoms with van der Waals surface area (Å²) in [5.41, 5.74) is 19.6. The van der Waals surface area contributed by atoms with Crippen molar-refractivity contribution in [2.45, 2.75) is 0 Å². The second-order valence-electron chi connectivity index (χ2n) is 19.7. The summed E-state index contributed by atoms with van der Waals surface area (Å²) >= 11 is 0. The molecule has 77 heavy (non-hydrogen) atoms. The molecule has 0 bridgehead atoms. The number of nitrogens with zero attached hydrogens (tertiary/aromatic N) is 2. The van der Waals surface area contributed by atoms with E-state index in [2.05, 4.69) is 307 Å². The fourth-order valence-corrected chi connectivity index (χ4v) is 11.3. The second kappa shape index (κ2) is 19.6. The van der Waals surface area contributed by atoms with Gasteiger partial charge in [0.25, 0.3) is 0 Å². The standard InChI is InChI=1S/C74H50N2O/c1-2-16-51(17-3-1)53-34-36-54(37-35-53)59-22-12-24-64(49-59)76(71-31-15-33-73-74(71)69-28-9-11-32-72(69)77-73)65-25-13-23-61(50-65)68-27-8-10-30-70(68)75(62-44-40-55(41-45-62)60-39-38-52-18-4-5-20-58(52)48-60)63-46-42-57(43-47-63)67-29-14-21-56-19-6-7-26-66(56)67/h1-50H. The molecule has 0 saturated carbocycles. The largest absolute Gasteiger partial charge is 0.456 e. The minimum Gasteiger partial charge on any atom is -0.456 e. The molecule has 0 atom stereocenters. The van der Waals surface area contributed by atoms with Crippen molar-refractivity contribution < 1.29 is 4.42 Å². The van der Waals surface area contributed by atoms with Crippen molar-refractivity contribution in [1.82, 2.24) is 0 Å². The molecule has 0 amide bonds. The Bertz CT molecular complexity index is 4440. The van der Waals surface area contributed by atoms with Crippen LogP contribution in [-0.4, -0.2) is 0 Å². The minimum absolute atomic E-state index is 0.844. The summed E-state index contributed by atoms with van der Waals surface area (Å²) in [4.78, 5) is 4.80. The van der Waals surface area contributed by atoms with Crippen molar-refractivity contribution in [3.05, 3.63) is 303 Å². The van der Waals surface area contributed by atoms with Crippen LogP contribution in [0, 0.1) is 0 Å². The van der Waals surface area contributed by atoms with Gasteiger partial charge in [0.15, 0.2) is 0 Å². The van der Waals surface area contributed by atoms with Crippen LogP contribution in [0.4, 0.5) is 34.1 Å². The Hall–Kier alpha value is -10.2. The Balaban J connectivity index is 0.903. The zero-order chi connectivity index (χ0) is 51.1. The quantitative estimate of drug-likeness (QED) is 0.129. The summed E-state index contributed by atoms with van der Waals surface area (Å²) in [5, 5.41) is 7.08. The topological polar surface area (TPSA) is 19.6 Å². The van der Waals surface area contributed by atoms with Crippen molar-refractivity contribution in [2.24, 2.45) is 0 Å². The molecular formula is C74H50N2O. The molecule has 1 aromatic heterocycles. The van der Waals surface area contributed by atoms with Crippen LogP contribution in [0.1, 0.15) is 0 Å². The molecular weight excluding hydrogens is 933 g/mol. The first-order chi connectivity index (χ1) is 38.2. The van der Waals surface area contributed by atoms with E-state index in [1.54, 1.807) is 0 Å². The van der Waals surface area contributed by atoms with Crippen molar-refractivity contribution in [2.75, 3.05) is 9.80 Å². The molecule has 3 nitrogen and oxygen atoms in total. The highest BCUT2D eigenvalue weighted by Crippen LogP contribution is 2.47. The third-order valence-electron chi connectivity index (χ3n) is 15.0. The van der Waals surface area contributed by atoms with Gasteiger partial charge in [-0.15, -0.1) is 0 Å². The molecule has 1 heterocycles. The Kier molecular flexibility index (Phi) is 11.5. The molecule has 0 fully saturated rings. The average Bonchev–Trinajstić information content (AvgIpc) is 3.92. The minimum atomic E-state index is 0.844. The molecule has 0 aliphatic rings. The predicted octanol–water partition coefficient (Wildman–Crippen LogP) is 21.2. The lowest BCUT2D eigenvalue weighted by molar-refractivity contribution is 0.669. The van der Waals surface area contributed by atoms with Gasteiger partial charge >= 0.3 is 0 Å². The van der Waals surface area contributed by atoms with E-state index in [0.717, 1.165) is 78.3 Å². The highest BCUT2D eigenvalue weighted by atomic mass is 16.3. The Labute approximate surface area is 448 Å². The fourth-order valence-electron chi connectivity index (χ4n) is 11.3. The first-order valence-electron chi connectivity index (χ1n) is 26.3.